The van der Waals surface area contributed by atoms with E-state index in [1.54, 1.807) is 0 Å². The molecule has 1 fully saturated rings. The summed E-state index contributed by atoms with van der Waals surface area (Å²) in [4.78, 5) is 10.7. The van der Waals surface area contributed by atoms with Crippen molar-refractivity contribution in [2.45, 2.75) is 26.3 Å². The highest BCUT2D eigenvalue weighted by Crippen LogP contribution is 2.12. The van der Waals surface area contributed by atoms with Crippen molar-refractivity contribution in [1.29, 1.82) is 0 Å². The summed E-state index contributed by atoms with van der Waals surface area (Å²) < 4.78 is 23.1. The molecule has 0 bridgehead atoms. The van der Waals surface area contributed by atoms with Gasteiger partial charge in [-0.2, -0.15) is 0 Å². The Kier molecular flexibility index (Phi) is 5.31. The molecule has 1 aliphatic heterocycles. The highest BCUT2D eigenvalue weighted by Gasteiger charge is 2.20. The van der Waals surface area contributed by atoms with Crippen LogP contribution in [0.15, 0.2) is 12.4 Å². The largest absolute Gasteiger partial charge is 0.340 e. The van der Waals surface area contributed by atoms with Crippen molar-refractivity contribution in [3.8, 4) is 0 Å². The number of aromatic nitrogens is 2. The van der Waals surface area contributed by atoms with Crippen molar-refractivity contribution in [2.24, 2.45) is 0 Å². The van der Waals surface area contributed by atoms with Gasteiger partial charge >= 0.3 is 0 Å². The third-order valence-corrected chi connectivity index (χ3v) is 5.00. The fourth-order valence-electron chi connectivity index (χ4n) is 2.15. The number of rotatable bonds is 5. The SMILES string of the molecule is CCCNCc1cnc(N2CCCS(=O)(=O)CC2)nc1. The van der Waals surface area contributed by atoms with Gasteiger partial charge in [-0.1, -0.05) is 6.92 Å². The summed E-state index contributed by atoms with van der Waals surface area (Å²) in [5, 5.41) is 3.30. The molecule has 0 amide bonds. The number of nitrogens with zero attached hydrogens (tertiary/aromatic N) is 3. The Morgan fingerprint density at radius 1 is 1.25 bits per heavy atom. The maximum absolute atomic E-state index is 11.6. The first kappa shape index (κ1) is 15.2. The second-order valence-corrected chi connectivity index (χ2v) is 7.36. The fourth-order valence-corrected chi connectivity index (χ4v) is 3.42. The molecular weight excluding hydrogens is 276 g/mol. The molecule has 1 aromatic rings. The third-order valence-electron chi connectivity index (χ3n) is 3.29. The lowest BCUT2D eigenvalue weighted by molar-refractivity contribution is 0.597. The maximum atomic E-state index is 11.6. The van der Waals surface area contributed by atoms with Gasteiger partial charge in [0.2, 0.25) is 5.95 Å². The van der Waals surface area contributed by atoms with Crippen molar-refractivity contribution in [2.75, 3.05) is 36.0 Å². The Morgan fingerprint density at radius 2 is 2.00 bits per heavy atom. The lowest BCUT2D eigenvalue weighted by atomic mass is 10.3. The maximum Gasteiger partial charge on any atom is 0.225 e. The molecule has 0 atom stereocenters. The van der Waals surface area contributed by atoms with Crippen molar-refractivity contribution in [3.05, 3.63) is 18.0 Å². The summed E-state index contributed by atoms with van der Waals surface area (Å²) >= 11 is 0. The topological polar surface area (TPSA) is 75.2 Å². The number of sulfone groups is 1. The van der Waals surface area contributed by atoms with E-state index in [1.807, 2.05) is 17.3 Å². The van der Waals surface area contributed by atoms with Crippen LogP contribution >= 0.6 is 0 Å². The molecule has 6 nitrogen and oxygen atoms in total. The molecule has 0 aromatic carbocycles. The molecule has 2 heterocycles. The molecule has 1 aromatic heterocycles. The minimum absolute atomic E-state index is 0.191. The number of nitrogens with one attached hydrogen (secondary N) is 1. The normalized spacial score (nSPS) is 18.8. The van der Waals surface area contributed by atoms with Gasteiger partial charge in [-0.25, -0.2) is 18.4 Å². The molecule has 112 valence electrons. The van der Waals surface area contributed by atoms with Crippen LogP contribution in [0.5, 0.6) is 0 Å². The Hall–Kier alpha value is -1.21. The van der Waals surface area contributed by atoms with E-state index in [9.17, 15) is 8.42 Å². The van der Waals surface area contributed by atoms with Gasteiger partial charge in [0.05, 0.1) is 11.5 Å². The summed E-state index contributed by atoms with van der Waals surface area (Å²) in [6.07, 6.45) is 5.36. The molecule has 0 radical (unpaired) electrons. The van der Waals surface area contributed by atoms with Crippen molar-refractivity contribution < 1.29 is 8.42 Å². The summed E-state index contributed by atoms with van der Waals surface area (Å²) in [5.41, 5.74) is 1.05. The molecule has 7 heteroatoms. The van der Waals surface area contributed by atoms with Gasteiger partial charge in [0, 0.05) is 37.6 Å². The van der Waals surface area contributed by atoms with Crippen LogP contribution in [0.25, 0.3) is 0 Å². The lowest BCUT2D eigenvalue weighted by Gasteiger charge is -2.19. The van der Waals surface area contributed by atoms with Crippen LogP contribution in [0.3, 0.4) is 0 Å². The Balaban J connectivity index is 1.95. The van der Waals surface area contributed by atoms with Crippen molar-refractivity contribution in [1.82, 2.24) is 15.3 Å². The fraction of sp³-hybridized carbons (Fsp3) is 0.692. The van der Waals surface area contributed by atoms with Gasteiger partial charge in [-0.3, -0.25) is 0 Å². The lowest BCUT2D eigenvalue weighted by Crippen LogP contribution is -2.28. The highest BCUT2D eigenvalue weighted by atomic mass is 32.2. The van der Waals surface area contributed by atoms with Gasteiger partial charge in [-0.05, 0) is 19.4 Å². The monoisotopic (exact) mass is 298 g/mol. The number of hydrogen-bond donors (Lipinski definition) is 1. The van der Waals surface area contributed by atoms with E-state index in [1.165, 1.54) is 0 Å². The second-order valence-electron chi connectivity index (χ2n) is 5.06. The van der Waals surface area contributed by atoms with Crippen LogP contribution < -0.4 is 10.2 Å². The molecule has 1 aliphatic rings. The first-order chi connectivity index (χ1) is 9.61. The predicted octanol–water partition coefficient (Wildman–Crippen LogP) is 0.601. The zero-order valence-electron chi connectivity index (χ0n) is 11.9. The molecule has 0 spiro atoms. The zero-order valence-corrected chi connectivity index (χ0v) is 12.7. The van der Waals surface area contributed by atoms with Crippen LogP contribution in [-0.4, -0.2) is 49.5 Å². The standard InChI is InChI=1S/C13H22N4O2S/c1-2-4-14-9-12-10-15-13(16-11-12)17-5-3-7-20(18,19)8-6-17/h10-11,14H,2-9H2,1H3. The number of anilines is 1. The van der Waals surface area contributed by atoms with E-state index in [-0.39, 0.29) is 11.5 Å². The van der Waals surface area contributed by atoms with Gasteiger partial charge < -0.3 is 10.2 Å². The average molecular weight is 298 g/mol. The van der Waals surface area contributed by atoms with Crippen molar-refractivity contribution >= 4 is 15.8 Å². The van der Waals surface area contributed by atoms with Crippen LogP contribution in [0.2, 0.25) is 0 Å². The summed E-state index contributed by atoms with van der Waals surface area (Å²) in [6, 6.07) is 0. The first-order valence-electron chi connectivity index (χ1n) is 7.08. The van der Waals surface area contributed by atoms with E-state index in [0.29, 0.717) is 25.5 Å². The summed E-state index contributed by atoms with van der Waals surface area (Å²) in [5.74, 6) is 1.08. The van der Waals surface area contributed by atoms with Gasteiger partial charge in [-0.15, -0.1) is 0 Å². The molecular formula is C13H22N4O2S. The van der Waals surface area contributed by atoms with Crippen LogP contribution in [0.4, 0.5) is 5.95 Å². The summed E-state index contributed by atoms with van der Waals surface area (Å²) in [7, 11) is -2.89. The Labute approximate surface area is 120 Å². The van der Waals surface area contributed by atoms with Crippen LogP contribution in [0.1, 0.15) is 25.3 Å². The van der Waals surface area contributed by atoms with E-state index in [0.717, 1.165) is 25.1 Å². The molecule has 0 unspecified atom stereocenters. The molecule has 0 aliphatic carbocycles. The minimum atomic E-state index is -2.89. The number of hydrogen-bond acceptors (Lipinski definition) is 6. The van der Waals surface area contributed by atoms with Gasteiger partial charge in [0.15, 0.2) is 9.84 Å². The van der Waals surface area contributed by atoms with Crippen molar-refractivity contribution in [3.63, 3.8) is 0 Å². The molecule has 1 N–H and O–H groups in total. The molecule has 1 saturated heterocycles. The molecule has 0 saturated carbocycles. The van der Waals surface area contributed by atoms with E-state index in [4.69, 9.17) is 0 Å². The summed E-state index contributed by atoms with van der Waals surface area (Å²) in [6.45, 7) is 5.05. The second kappa shape index (κ2) is 6.99. The molecule has 20 heavy (non-hydrogen) atoms. The predicted molar refractivity (Wildman–Crippen MR) is 79.5 cm³/mol. The van der Waals surface area contributed by atoms with Crippen LogP contribution in [0, 0.1) is 0 Å². The molecule has 2 rings (SSSR count). The van der Waals surface area contributed by atoms with E-state index in [2.05, 4.69) is 22.2 Å². The quantitative estimate of drug-likeness (QED) is 0.802. The smallest absolute Gasteiger partial charge is 0.225 e. The van der Waals surface area contributed by atoms with Crippen LogP contribution in [-0.2, 0) is 16.4 Å². The Bertz CT molecular complexity index is 516. The highest BCUT2D eigenvalue weighted by molar-refractivity contribution is 7.91. The average Bonchev–Trinajstić information content (AvgIpc) is 2.61. The zero-order chi connectivity index (χ0) is 14.4. The first-order valence-corrected chi connectivity index (χ1v) is 8.90. The van der Waals surface area contributed by atoms with Gasteiger partial charge in [0.25, 0.3) is 0 Å². The van der Waals surface area contributed by atoms with E-state index < -0.39 is 9.84 Å². The Morgan fingerprint density at radius 3 is 2.70 bits per heavy atom. The third kappa shape index (κ3) is 4.42. The van der Waals surface area contributed by atoms with E-state index >= 15 is 0 Å². The minimum Gasteiger partial charge on any atom is -0.340 e. The van der Waals surface area contributed by atoms with Gasteiger partial charge in [0.1, 0.15) is 0 Å².